The van der Waals surface area contributed by atoms with Gasteiger partial charge in [-0.1, -0.05) is 49.4 Å². The molecule has 2 aromatic carbocycles. The Bertz CT molecular complexity index is 643. The van der Waals surface area contributed by atoms with E-state index >= 15 is 0 Å². The van der Waals surface area contributed by atoms with Crippen molar-refractivity contribution in [3.05, 3.63) is 65.7 Å². The maximum absolute atomic E-state index is 12.1. The van der Waals surface area contributed by atoms with E-state index in [1.54, 1.807) is 7.11 Å². The molecule has 0 atom stereocenters. The van der Waals surface area contributed by atoms with Crippen molar-refractivity contribution in [1.82, 2.24) is 10.2 Å². The van der Waals surface area contributed by atoms with Gasteiger partial charge in [0, 0.05) is 26.1 Å². The normalized spacial score (nSPS) is 10.7. The highest BCUT2D eigenvalue weighted by Gasteiger charge is 2.07. The van der Waals surface area contributed by atoms with Crippen LogP contribution in [0, 0.1) is 0 Å². The topological polar surface area (TPSA) is 41.6 Å². The number of carbonyl (C=O) groups is 1. The van der Waals surface area contributed by atoms with E-state index in [0.717, 1.165) is 31.8 Å². The average Bonchev–Trinajstić information content (AvgIpc) is 2.66. The second-order valence-electron chi connectivity index (χ2n) is 6.06. The van der Waals surface area contributed by atoms with E-state index in [9.17, 15) is 4.79 Å². The van der Waals surface area contributed by atoms with Crippen molar-refractivity contribution < 1.29 is 9.53 Å². The molecule has 1 amide bonds. The molecule has 0 aliphatic rings. The first-order valence-corrected chi connectivity index (χ1v) is 8.87. The second kappa shape index (κ2) is 10.5. The van der Waals surface area contributed by atoms with Gasteiger partial charge in [0.15, 0.2) is 0 Å². The van der Waals surface area contributed by atoms with E-state index in [1.165, 1.54) is 11.1 Å². The molecule has 2 aromatic rings. The molecule has 0 saturated heterocycles. The van der Waals surface area contributed by atoms with Gasteiger partial charge < -0.3 is 10.1 Å². The number of hydrogen-bond donors (Lipinski definition) is 1. The molecule has 0 unspecified atom stereocenters. The Balaban J connectivity index is 1.68. The molecule has 0 bridgehead atoms. The van der Waals surface area contributed by atoms with Gasteiger partial charge >= 0.3 is 0 Å². The van der Waals surface area contributed by atoms with Gasteiger partial charge in [0.05, 0.1) is 7.11 Å². The van der Waals surface area contributed by atoms with E-state index in [4.69, 9.17) is 4.74 Å². The molecule has 0 saturated carbocycles. The maximum Gasteiger partial charge on any atom is 0.221 e. The summed E-state index contributed by atoms with van der Waals surface area (Å²) in [7, 11) is 1.66. The van der Waals surface area contributed by atoms with Crippen molar-refractivity contribution >= 4 is 5.91 Å². The third kappa shape index (κ3) is 6.98. The van der Waals surface area contributed by atoms with Crippen LogP contribution in [0.25, 0.3) is 0 Å². The lowest BCUT2D eigenvalue weighted by Gasteiger charge is -2.20. The van der Waals surface area contributed by atoms with Gasteiger partial charge in [-0.15, -0.1) is 0 Å². The molecule has 0 heterocycles. The molecular formula is C21H28N2O2. The highest BCUT2D eigenvalue weighted by Crippen LogP contribution is 2.12. The fourth-order valence-corrected chi connectivity index (χ4v) is 2.71. The Labute approximate surface area is 150 Å². The smallest absolute Gasteiger partial charge is 0.221 e. The van der Waals surface area contributed by atoms with Gasteiger partial charge in [0.1, 0.15) is 5.75 Å². The first-order chi connectivity index (χ1) is 12.2. The van der Waals surface area contributed by atoms with Gasteiger partial charge in [-0.2, -0.15) is 0 Å². The summed E-state index contributed by atoms with van der Waals surface area (Å²) in [6.07, 6.45) is 1.34. The minimum Gasteiger partial charge on any atom is -0.497 e. The maximum atomic E-state index is 12.1. The number of hydrogen-bond acceptors (Lipinski definition) is 3. The minimum absolute atomic E-state index is 0.106. The number of carbonyl (C=O) groups excluding carboxylic acids is 1. The molecule has 0 radical (unpaired) electrons. The number of amides is 1. The Morgan fingerprint density at radius 2 is 1.84 bits per heavy atom. The van der Waals surface area contributed by atoms with Crippen LogP contribution < -0.4 is 10.1 Å². The van der Waals surface area contributed by atoms with Crippen molar-refractivity contribution in [2.75, 3.05) is 26.7 Å². The zero-order chi connectivity index (χ0) is 17.9. The van der Waals surface area contributed by atoms with Crippen molar-refractivity contribution in [1.29, 1.82) is 0 Å². The zero-order valence-electron chi connectivity index (χ0n) is 15.2. The molecular weight excluding hydrogens is 312 g/mol. The van der Waals surface area contributed by atoms with Crippen molar-refractivity contribution in [2.45, 2.75) is 26.3 Å². The van der Waals surface area contributed by atoms with Gasteiger partial charge in [0.2, 0.25) is 5.91 Å². The monoisotopic (exact) mass is 340 g/mol. The van der Waals surface area contributed by atoms with Crippen LogP contribution in [0.5, 0.6) is 5.75 Å². The molecule has 0 aliphatic heterocycles. The number of rotatable bonds is 10. The molecule has 0 aromatic heterocycles. The number of nitrogens with zero attached hydrogens (tertiary/aromatic N) is 1. The summed E-state index contributed by atoms with van der Waals surface area (Å²) >= 11 is 0. The van der Waals surface area contributed by atoms with Crippen LogP contribution in [0.1, 0.15) is 24.5 Å². The van der Waals surface area contributed by atoms with Gasteiger partial charge in [0.25, 0.3) is 0 Å². The predicted octanol–water partition coefficient (Wildman–Crippen LogP) is 3.27. The highest BCUT2D eigenvalue weighted by atomic mass is 16.5. The standard InChI is InChI=1S/C21H28N2O2/c1-3-23(17-19-8-5-4-6-9-19)15-13-21(24)22-14-12-18-10-7-11-20(16-18)25-2/h4-11,16H,3,12-15,17H2,1-2H3,(H,22,24). The molecule has 0 spiro atoms. The zero-order valence-corrected chi connectivity index (χ0v) is 15.2. The first-order valence-electron chi connectivity index (χ1n) is 8.87. The molecule has 2 rings (SSSR count). The van der Waals surface area contributed by atoms with Gasteiger partial charge in [-0.25, -0.2) is 0 Å². The summed E-state index contributed by atoms with van der Waals surface area (Å²) in [5.74, 6) is 0.956. The summed E-state index contributed by atoms with van der Waals surface area (Å²) in [6.45, 7) is 5.37. The summed E-state index contributed by atoms with van der Waals surface area (Å²) in [4.78, 5) is 14.4. The molecule has 0 fully saturated rings. The van der Waals surface area contributed by atoms with Crippen molar-refractivity contribution in [2.24, 2.45) is 0 Å². The Morgan fingerprint density at radius 1 is 1.08 bits per heavy atom. The van der Waals surface area contributed by atoms with Crippen LogP contribution >= 0.6 is 0 Å². The summed E-state index contributed by atoms with van der Waals surface area (Å²) in [5.41, 5.74) is 2.45. The third-order valence-electron chi connectivity index (χ3n) is 4.22. The van der Waals surface area contributed by atoms with E-state index < -0.39 is 0 Å². The van der Waals surface area contributed by atoms with Crippen LogP contribution in [0.15, 0.2) is 54.6 Å². The van der Waals surface area contributed by atoms with Crippen LogP contribution in [0.3, 0.4) is 0 Å². The number of benzene rings is 2. The SMILES string of the molecule is CCN(CCC(=O)NCCc1cccc(OC)c1)Cc1ccccc1. The van der Waals surface area contributed by atoms with Crippen molar-refractivity contribution in [3.63, 3.8) is 0 Å². The van der Waals surface area contributed by atoms with Crippen LogP contribution in [0.4, 0.5) is 0 Å². The summed E-state index contributed by atoms with van der Waals surface area (Å²) in [5, 5.41) is 3.01. The Morgan fingerprint density at radius 3 is 2.56 bits per heavy atom. The first kappa shape index (κ1) is 19.0. The summed E-state index contributed by atoms with van der Waals surface area (Å²) < 4.78 is 5.22. The van der Waals surface area contributed by atoms with E-state index in [2.05, 4.69) is 41.4 Å². The van der Waals surface area contributed by atoms with E-state index in [-0.39, 0.29) is 5.91 Å². The molecule has 4 nitrogen and oxygen atoms in total. The molecule has 0 aliphatic carbocycles. The van der Waals surface area contributed by atoms with Crippen molar-refractivity contribution in [3.8, 4) is 5.75 Å². The average molecular weight is 340 g/mol. The number of methoxy groups -OCH3 is 1. The quantitative estimate of drug-likeness (QED) is 0.722. The van der Waals surface area contributed by atoms with Gasteiger partial charge in [-0.3, -0.25) is 9.69 Å². The highest BCUT2D eigenvalue weighted by molar-refractivity contribution is 5.76. The molecule has 4 heteroatoms. The third-order valence-corrected chi connectivity index (χ3v) is 4.22. The number of nitrogens with one attached hydrogen (secondary N) is 1. The van der Waals surface area contributed by atoms with Crippen LogP contribution in [-0.4, -0.2) is 37.6 Å². The van der Waals surface area contributed by atoms with Gasteiger partial charge in [-0.05, 0) is 36.2 Å². The fraction of sp³-hybridized carbons (Fsp3) is 0.381. The molecule has 25 heavy (non-hydrogen) atoms. The largest absolute Gasteiger partial charge is 0.497 e. The molecule has 1 N–H and O–H groups in total. The minimum atomic E-state index is 0.106. The lowest BCUT2D eigenvalue weighted by atomic mass is 10.1. The van der Waals surface area contributed by atoms with E-state index in [1.807, 2.05) is 30.3 Å². The lowest BCUT2D eigenvalue weighted by Crippen LogP contribution is -2.31. The second-order valence-corrected chi connectivity index (χ2v) is 6.06. The van der Waals surface area contributed by atoms with Crippen LogP contribution in [0.2, 0.25) is 0 Å². The Hall–Kier alpha value is -2.33. The lowest BCUT2D eigenvalue weighted by molar-refractivity contribution is -0.121. The Kier molecular flexibility index (Phi) is 7.99. The van der Waals surface area contributed by atoms with E-state index in [0.29, 0.717) is 13.0 Å². The number of ether oxygens (including phenoxy) is 1. The van der Waals surface area contributed by atoms with Crippen LogP contribution in [-0.2, 0) is 17.8 Å². The fourth-order valence-electron chi connectivity index (χ4n) is 2.71. The summed E-state index contributed by atoms with van der Waals surface area (Å²) in [6, 6.07) is 18.3. The molecule has 134 valence electrons. The predicted molar refractivity (Wildman–Crippen MR) is 102 cm³/mol.